The van der Waals surface area contributed by atoms with Crippen LogP contribution >= 0.6 is 0 Å². The molecule has 5 heteroatoms. The molecule has 0 aromatic heterocycles. The van der Waals surface area contributed by atoms with Crippen LogP contribution in [0.1, 0.15) is 52.8 Å². The van der Waals surface area contributed by atoms with Gasteiger partial charge in [-0.1, -0.05) is 25.3 Å². The second-order valence-corrected chi connectivity index (χ2v) is 6.75. The molecule has 2 aromatic carbocycles. The summed E-state index contributed by atoms with van der Waals surface area (Å²) in [6.07, 6.45) is 5.65. The first-order valence-corrected chi connectivity index (χ1v) is 8.99. The molecule has 3 rings (SSSR count). The van der Waals surface area contributed by atoms with Crippen molar-refractivity contribution in [3.8, 4) is 0 Å². The van der Waals surface area contributed by atoms with Gasteiger partial charge in [-0.15, -0.1) is 0 Å². The molecule has 1 N–H and O–H groups in total. The van der Waals surface area contributed by atoms with Crippen molar-refractivity contribution in [2.45, 2.75) is 38.1 Å². The summed E-state index contributed by atoms with van der Waals surface area (Å²) in [6.45, 7) is 0. The molecular weight excluding hydrogens is 331 g/mol. The Morgan fingerprint density at radius 2 is 1.69 bits per heavy atom. The summed E-state index contributed by atoms with van der Waals surface area (Å²) in [4.78, 5) is 26.8. The van der Waals surface area contributed by atoms with Crippen LogP contribution in [0.4, 0.5) is 10.1 Å². The van der Waals surface area contributed by atoms with E-state index in [2.05, 4.69) is 5.32 Å². The average molecular weight is 354 g/mol. The SMILES string of the molecule is CN(C(=O)c1cccc(NC(=O)c2ccc(F)cc2)c1)C1CCCCC1. The molecule has 0 atom stereocenters. The summed E-state index contributed by atoms with van der Waals surface area (Å²) in [5.74, 6) is -0.759. The van der Waals surface area contributed by atoms with Crippen LogP contribution in [0.25, 0.3) is 0 Å². The number of benzene rings is 2. The first-order chi connectivity index (χ1) is 12.5. The molecule has 0 aliphatic heterocycles. The molecule has 2 amide bonds. The van der Waals surface area contributed by atoms with Crippen molar-refractivity contribution in [3.05, 3.63) is 65.5 Å². The zero-order chi connectivity index (χ0) is 18.5. The fraction of sp³-hybridized carbons (Fsp3) is 0.333. The minimum absolute atomic E-state index is 0.0326. The topological polar surface area (TPSA) is 49.4 Å². The number of carbonyl (C=O) groups excluding carboxylic acids is 2. The normalized spacial score (nSPS) is 14.7. The molecule has 0 bridgehead atoms. The van der Waals surface area contributed by atoms with Gasteiger partial charge in [0.05, 0.1) is 0 Å². The van der Waals surface area contributed by atoms with Gasteiger partial charge < -0.3 is 10.2 Å². The van der Waals surface area contributed by atoms with Gasteiger partial charge in [-0.3, -0.25) is 9.59 Å². The van der Waals surface area contributed by atoms with E-state index in [0.717, 1.165) is 25.7 Å². The molecule has 26 heavy (non-hydrogen) atoms. The fourth-order valence-corrected chi connectivity index (χ4v) is 3.37. The van der Waals surface area contributed by atoms with E-state index < -0.39 is 0 Å². The molecule has 1 saturated carbocycles. The van der Waals surface area contributed by atoms with Crippen molar-refractivity contribution >= 4 is 17.5 Å². The van der Waals surface area contributed by atoms with E-state index >= 15 is 0 Å². The van der Waals surface area contributed by atoms with Crippen LogP contribution in [0.3, 0.4) is 0 Å². The number of amides is 2. The minimum Gasteiger partial charge on any atom is -0.339 e. The quantitative estimate of drug-likeness (QED) is 0.880. The summed E-state index contributed by atoms with van der Waals surface area (Å²) in [7, 11) is 1.85. The number of nitrogens with zero attached hydrogens (tertiary/aromatic N) is 1. The Bertz CT molecular complexity index is 783. The van der Waals surface area contributed by atoms with Gasteiger partial charge >= 0.3 is 0 Å². The van der Waals surface area contributed by atoms with Gasteiger partial charge in [0.1, 0.15) is 5.82 Å². The summed E-state index contributed by atoms with van der Waals surface area (Å²) in [6, 6.07) is 12.6. The molecule has 0 radical (unpaired) electrons. The third-order valence-electron chi connectivity index (χ3n) is 4.92. The molecular formula is C21H23FN2O2. The van der Waals surface area contributed by atoms with E-state index in [9.17, 15) is 14.0 Å². The van der Waals surface area contributed by atoms with Crippen LogP contribution in [0, 0.1) is 5.82 Å². The van der Waals surface area contributed by atoms with Crippen LogP contribution < -0.4 is 5.32 Å². The Morgan fingerprint density at radius 1 is 1.00 bits per heavy atom. The molecule has 0 heterocycles. The smallest absolute Gasteiger partial charge is 0.255 e. The molecule has 4 nitrogen and oxygen atoms in total. The predicted octanol–water partition coefficient (Wildman–Crippen LogP) is 4.48. The van der Waals surface area contributed by atoms with E-state index in [4.69, 9.17) is 0 Å². The van der Waals surface area contributed by atoms with Crippen LogP contribution in [0.2, 0.25) is 0 Å². The first kappa shape index (κ1) is 18.1. The van der Waals surface area contributed by atoms with Gasteiger partial charge in [-0.05, 0) is 55.3 Å². The Morgan fingerprint density at radius 3 is 2.38 bits per heavy atom. The summed E-state index contributed by atoms with van der Waals surface area (Å²) < 4.78 is 13.0. The van der Waals surface area contributed by atoms with Crippen molar-refractivity contribution in [1.29, 1.82) is 0 Å². The van der Waals surface area contributed by atoms with Gasteiger partial charge in [0, 0.05) is 29.9 Å². The van der Waals surface area contributed by atoms with Crippen LogP contribution in [0.5, 0.6) is 0 Å². The lowest BCUT2D eigenvalue weighted by molar-refractivity contribution is 0.0696. The summed E-state index contributed by atoms with van der Waals surface area (Å²) >= 11 is 0. The summed E-state index contributed by atoms with van der Waals surface area (Å²) in [5.41, 5.74) is 1.46. The van der Waals surface area contributed by atoms with Crippen molar-refractivity contribution < 1.29 is 14.0 Å². The third-order valence-corrected chi connectivity index (χ3v) is 4.92. The number of hydrogen-bond donors (Lipinski definition) is 1. The molecule has 136 valence electrons. The number of carbonyl (C=O) groups is 2. The fourth-order valence-electron chi connectivity index (χ4n) is 3.37. The highest BCUT2D eigenvalue weighted by Gasteiger charge is 2.23. The van der Waals surface area contributed by atoms with Crippen molar-refractivity contribution in [2.75, 3.05) is 12.4 Å². The Kier molecular flexibility index (Phi) is 5.66. The van der Waals surface area contributed by atoms with E-state index in [1.54, 1.807) is 24.3 Å². The predicted molar refractivity (Wildman–Crippen MR) is 99.8 cm³/mol. The molecule has 0 unspecified atom stereocenters. The second kappa shape index (κ2) is 8.13. The maximum absolute atomic E-state index is 13.0. The lowest BCUT2D eigenvalue weighted by Crippen LogP contribution is -2.38. The largest absolute Gasteiger partial charge is 0.339 e. The monoisotopic (exact) mass is 354 g/mol. The lowest BCUT2D eigenvalue weighted by Gasteiger charge is -2.31. The summed E-state index contributed by atoms with van der Waals surface area (Å²) in [5, 5.41) is 2.76. The molecule has 1 fully saturated rings. The van der Waals surface area contributed by atoms with Crippen molar-refractivity contribution in [1.82, 2.24) is 4.90 Å². The highest BCUT2D eigenvalue weighted by molar-refractivity contribution is 6.05. The van der Waals surface area contributed by atoms with Crippen molar-refractivity contribution in [3.63, 3.8) is 0 Å². The van der Waals surface area contributed by atoms with E-state index in [1.807, 2.05) is 11.9 Å². The number of halogens is 1. The second-order valence-electron chi connectivity index (χ2n) is 6.75. The zero-order valence-electron chi connectivity index (χ0n) is 14.9. The van der Waals surface area contributed by atoms with Gasteiger partial charge in [0.2, 0.25) is 0 Å². The molecule has 1 aliphatic carbocycles. The Hall–Kier alpha value is -2.69. The highest BCUT2D eigenvalue weighted by atomic mass is 19.1. The minimum atomic E-state index is -0.389. The van der Waals surface area contributed by atoms with Gasteiger partial charge in [-0.2, -0.15) is 0 Å². The number of anilines is 1. The molecule has 1 aliphatic rings. The number of nitrogens with one attached hydrogen (secondary N) is 1. The van der Waals surface area contributed by atoms with E-state index in [1.165, 1.54) is 30.7 Å². The molecule has 0 spiro atoms. The van der Waals surface area contributed by atoms with E-state index in [0.29, 0.717) is 16.8 Å². The maximum Gasteiger partial charge on any atom is 0.255 e. The Balaban J connectivity index is 1.70. The van der Waals surface area contributed by atoms with E-state index in [-0.39, 0.29) is 23.7 Å². The van der Waals surface area contributed by atoms with Crippen LogP contribution in [0.15, 0.2) is 48.5 Å². The van der Waals surface area contributed by atoms with Gasteiger partial charge in [-0.25, -0.2) is 4.39 Å². The maximum atomic E-state index is 13.0. The van der Waals surface area contributed by atoms with Crippen molar-refractivity contribution in [2.24, 2.45) is 0 Å². The third kappa shape index (κ3) is 4.28. The number of hydrogen-bond acceptors (Lipinski definition) is 2. The molecule has 0 saturated heterocycles. The first-order valence-electron chi connectivity index (χ1n) is 8.99. The lowest BCUT2D eigenvalue weighted by atomic mass is 9.94. The van der Waals surface area contributed by atoms with Gasteiger partial charge in [0.25, 0.3) is 11.8 Å². The Labute approximate surface area is 153 Å². The molecule has 2 aromatic rings. The standard InChI is InChI=1S/C21H23FN2O2/c1-24(19-8-3-2-4-9-19)21(26)16-6-5-7-18(14-16)23-20(25)15-10-12-17(22)13-11-15/h5-7,10-14,19H,2-4,8-9H2,1H3,(H,23,25). The zero-order valence-corrected chi connectivity index (χ0v) is 14.9. The van der Waals surface area contributed by atoms with Crippen LogP contribution in [-0.4, -0.2) is 29.8 Å². The highest BCUT2D eigenvalue weighted by Crippen LogP contribution is 2.23. The van der Waals surface area contributed by atoms with Crippen LogP contribution in [-0.2, 0) is 0 Å². The number of rotatable bonds is 4. The average Bonchev–Trinajstić information content (AvgIpc) is 2.68. The van der Waals surface area contributed by atoms with Gasteiger partial charge in [0.15, 0.2) is 0 Å².